The van der Waals surface area contributed by atoms with E-state index in [1.165, 1.54) is 238 Å². The highest BCUT2D eigenvalue weighted by molar-refractivity contribution is 5.76. The summed E-state index contributed by atoms with van der Waals surface area (Å²) in [5, 5.41) is 87.6. The predicted octanol–water partition coefficient (Wildman–Crippen LogP) is 14.3. The zero-order chi connectivity index (χ0) is 60.9. The van der Waals surface area contributed by atoms with Gasteiger partial charge in [0, 0.05) is 6.42 Å². The first-order valence-electron chi connectivity index (χ1n) is 35.6. The second kappa shape index (κ2) is 55.5. The van der Waals surface area contributed by atoms with E-state index in [1.807, 2.05) is 0 Å². The Balaban J connectivity index is 1.66. The minimum atomic E-state index is -1.78. The summed E-state index contributed by atoms with van der Waals surface area (Å²) in [7, 11) is 0. The SMILES string of the molecule is CCCCCCC/C=C\C/C=C\CCCCCCCCCCCCCCCCCC(=O)NC(COC1OC(CO)C(OC2OC(CO)C(O)C(O)C2O)C(O)C1O)C(O)CCCCCCCCCCCCCCCCCCCCCCCCC. The molecule has 84 heavy (non-hydrogen) atoms. The number of carbonyl (C=O) groups is 1. The molecule has 2 rings (SSSR count). The van der Waals surface area contributed by atoms with E-state index in [0.717, 1.165) is 57.8 Å². The Labute approximate surface area is 513 Å². The molecule has 12 atom stereocenters. The summed E-state index contributed by atoms with van der Waals surface area (Å²) in [6, 6.07) is -0.828. The summed E-state index contributed by atoms with van der Waals surface area (Å²) < 4.78 is 22.9. The zero-order valence-corrected chi connectivity index (χ0v) is 53.9. The van der Waals surface area contributed by atoms with Gasteiger partial charge in [0.05, 0.1) is 32.0 Å². The third kappa shape index (κ3) is 39.5. The van der Waals surface area contributed by atoms with Gasteiger partial charge in [-0.05, 0) is 44.9 Å². The van der Waals surface area contributed by atoms with Gasteiger partial charge in [-0.2, -0.15) is 0 Å². The fourth-order valence-corrected chi connectivity index (χ4v) is 12.0. The fraction of sp³-hybridized carbons (Fsp3) is 0.929. The van der Waals surface area contributed by atoms with E-state index in [-0.39, 0.29) is 12.5 Å². The Morgan fingerprint density at radius 3 is 1.19 bits per heavy atom. The van der Waals surface area contributed by atoms with Gasteiger partial charge >= 0.3 is 0 Å². The number of aliphatic hydroxyl groups is 8. The number of hydrogen-bond acceptors (Lipinski definition) is 13. The van der Waals surface area contributed by atoms with Gasteiger partial charge in [0.1, 0.15) is 48.8 Å². The van der Waals surface area contributed by atoms with E-state index in [2.05, 4.69) is 43.5 Å². The van der Waals surface area contributed by atoms with Crippen LogP contribution in [0.15, 0.2) is 24.3 Å². The van der Waals surface area contributed by atoms with Crippen LogP contribution >= 0.6 is 0 Å². The molecule has 2 aliphatic heterocycles. The van der Waals surface area contributed by atoms with Gasteiger partial charge < -0.3 is 65.1 Å². The standard InChI is InChI=1S/C70H133NO13/c1-3-5-7-9-11-13-15-17-19-21-23-25-27-28-29-30-32-34-36-38-40-42-44-46-48-50-52-54-62(75)71-58(57-81-69-67(80)65(78)68(61(56-73)83-69)84-70-66(79)64(77)63(76)60(55-72)82-70)59(74)53-51-49-47-45-43-41-39-37-35-33-31-26-24-22-20-18-16-14-12-10-8-6-4-2/h15,17,21,23,58-61,63-70,72-74,76-80H,3-14,16,18-20,22,24-57H2,1-2H3,(H,71,75)/b17-15-,23-21-. The second-order valence-corrected chi connectivity index (χ2v) is 25.4. The minimum Gasteiger partial charge on any atom is -0.394 e. The van der Waals surface area contributed by atoms with Crippen LogP contribution in [0.2, 0.25) is 0 Å². The molecule has 0 saturated carbocycles. The Hall–Kier alpha value is -1.53. The van der Waals surface area contributed by atoms with Crippen molar-refractivity contribution in [3.05, 3.63) is 24.3 Å². The lowest BCUT2D eigenvalue weighted by atomic mass is 9.97. The molecular formula is C70H133NO13. The summed E-state index contributed by atoms with van der Waals surface area (Å²) in [6.07, 6.45) is 51.9. The first-order valence-corrected chi connectivity index (χ1v) is 35.6. The number of hydrogen-bond donors (Lipinski definition) is 9. The van der Waals surface area contributed by atoms with Crippen molar-refractivity contribution in [1.29, 1.82) is 0 Å². The molecule has 2 aliphatic rings. The number of aliphatic hydroxyl groups excluding tert-OH is 8. The number of allylic oxidation sites excluding steroid dienone is 4. The van der Waals surface area contributed by atoms with Crippen molar-refractivity contribution in [2.45, 2.75) is 396 Å². The van der Waals surface area contributed by atoms with Crippen molar-refractivity contribution >= 4 is 5.91 Å². The highest BCUT2D eigenvalue weighted by Crippen LogP contribution is 2.30. The van der Waals surface area contributed by atoms with Crippen LogP contribution in [0.5, 0.6) is 0 Å². The Morgan fingerprint density at radius 1 is 0.429 bits per heavy atom. The summed E-state index contributed by atoms with van der Waals surface area (Å²) in [5.41, 5.74) is 0. The van der Waals surface area contributed by atoms with E-state index in [0.29, 0.717) is 12.8 Å². The largest absolute Gasteiger partial charge is 0.394 e. The van der Waals surface area contributed by atoms with E-state index in [4.69, 9.17) is 18.9 Å². The molecular weight excluding hydrogens is 1060 g/mol. The van der Waals surface area contributed by atoms with Gasteiger partial charge in [-0.25, -0.2) is 0 Å². The minimum absolute atomic E-state index is 0.201. The maximum atomic E-state index is 13.4. The topological polar surface area (TPSA) is 228 Å². The van der Waals surface area contributed by atoms with Crippen LogP contribution in [0.4, 0.5) is 0 Å². The average molecular weight is 1200 g/mol. The number of amides is 1. The van der Waals surface area contributed by atoms with Crippen LogP contribution in [0.1, 0.15) is 322 Å². The Morgan fingerprint density at radius 2 is 0.786 bits per heavy atom. The van der Waals surface area contributed by atoms with Crippen LogP contribution in [-0.2, 0) is 23.7 Å². The monoisotopic (exact) mass is 1200 g/mol. The average Bonchev–Trinajstić information content (AvgIpc) is 3.62. The molecule has 0 aromatic heterocycles. The molecule has 2 saturated heterocycles. The fourth-order valence-electron chi connectivity index (χ4n) is 12.0. The summed E-state index contributed by atoms with van der Waals surface area (Å²) in [6.45, 7) is 2.90. The number of unbranched alkanes of at least 4 members (excludes halogenated alkanes) is 42. The molecule has 2 fully saturated rings. The van der Waals surface area contributed by atoms with Crippen LogP contribution in [0, 0.1) is 0 Å². The third-order valence-electron chi connectivity index (χ3n) is 17.7. The van der Waals surface area contributed by atoms with Gasteiger partial charge in [0.25, 0.3) is 0 Å². The molecule has 9 N–H and O–H groups in total. The molecule has 2 heterocycles. The van der Waals surface area contributed by atoms with Gasteiger partial charge in [-0.3, -0.25) is 4.79 Å². The summed E-state index contributed by atoms with van der Waals surface area (Å²) >= 11 is 0. The van der Waals surface area contributed by atoms with E-state index in [1.54, 1.807) is 0 Å². The van der Waals surface area contributed by atoms with Crippen molar-refractivity contribution in [2.75, 3.05) is 19.8 Å². The van der Waals surface area contributed by atoms with Crippen LogP contribution in [0.3, 0.4) is 0 Å². The summed E-state index contributed by atoms with van der Waals surface area (Å²) in [4.78, 5) is 13.4. The number of carbonyl (C=O) groups excluding carboxylic acids is 1. The van der Waals surface area contributed by atoms with Gasteiger partial charge in [0.2, 0.25) is 5.91 Å². The van der Waals surface area contributed by atoms with Gasteiger partial charge in [-0.15, -0.1) is 0 Å². The molecule has 0 bridgehead atoms. The van der Waals surface area contributed by atoms with Gasteiger partial charge in [-0.1, -0.05) is 295 Å². The smallest absolute Gasteiger partial charge is 0.220 e. The molecule has 0 spiro atoms. The van der Waals surface area contributed by atoms with Crippen molar-refractivity contribution < 1.29 is 64.6 Å². The molecule has 12 unspecified atom stereocenters. The molecule has 0 radical (unpaired) electrons. The lowest BCUT2D eigenvalue weighted by Gasteiger charge is -2.46. The number of rotatable bonds is 59. The molecule has 14 nitrogen and oxygen atoms in total. The van der Waals surface area contributed by atoms with Crippen LogP contribution < -0.4 is 5.32 Å². The highest BCUT2D eigenvalue weighted by atomic mass is 16.7. The van der Waals surface area contributed by atoms with E-state index >= 15 is 0 Å². The second-order valence-electron chi connectivity index (χ2n) is 25.4. The van der Waals surface area contributed by atoms with Crippen molar-refractivity contribution in [3.8, 4) is 0 Å². The Kier molecular flexibility index (Phi) is 51.9. The Bertz CT molecular complexity index is 1500. The lowest BCUT2D eigenvalue weighted by Crippen LogP contribution is -2.65. The van der Waals surface area contributed by atoms with Crippen LogP contribution in [-0.4, -0.2) is 140 Å². The quantitative estimate of drug-likeness (QED) is 0.0204. The van der Waals surface area contributed by atoms with E-state index in [9.17, 15) is 45.6 Å². The highest BCUT2D eigenvalue weighted by Gasteiger charge is 2.51. The maximum Gasteiger partial charge on any atom is 0.220 e. The van der Waals surface area contributed by atoms with Crippen molar-refractivity contribution in [3.63, 3.8) is 0 Å². The normalized spacial score (nSPS) is 23.7. The summed E-state index contributed by atoms with van der Waals surface area (Å²) in [5.74, 6) is -0.201. The number of nitrogens with one attached hydrogen (secondary N) is 1. The first kappa shape index (κ1) is 78.6. The third-order valence-corrected chi connectivity index (χ3v) is 17.7. The molecule has 0 aliphatic carbocycles. The predicted molar refractivity (Wildman–Crippen MR) is 342 cm³/mol. The van der Waals surface area contributed by atoms with Crippen molar-refractivity contribution in [2.24, 2.45) is 0 Å². The maximum absolute atomic E-state index is 13.4. The van der Waals surface area contributed by atoms with Gasteiger partial charge in [0.15, 0.2) is 12.6 Å². The van der Waals surface area contributed by atoms with Crippen LogP contribution in [0.25, 0.3) is 0 Å². The zero-order valence-electron chi connectivity index (χ0n) is 53.9. The molecule has 496 valence electrons. The molecule has 14 heteroatoms. The number of ether oxygens (including phenoxy) is 4. The van der Waals surface area contributed by atoms with E-state index < -0.39 is 86.8 Å². The first-order chi connectivity index (χ1) is 41.1. The lowest BCUT2D eigenvalue weighted by molar-refractivity contribution is -0.359. The molecule has 0 aromatic rings. The molecule has 0 aromatic carbocycles. The van der Waals surface area contributed by atoms with Crippen molar-refractivity contribution in [1.82, 2.24) is 5.32 Å². The molecule has 1 amide bonds.